The molecule has 1 N–H and O–H groups in total. The lowest BCUT2D eigenvalue weighted by Crippen LogP contribution is -2.14. The van der Waals surface area contributed by atoms with Crippen LogP contribution in [0.5, 0.6) is 0 Å². The minimum Gasteiger partial charge on any atom is -0.478 e. The van der Waals surface area contributed by atoms with Crippen LogP contribution in [0.3, 0.4) is 0 Å². The van der Waals surface area contributed by atoms with Gasteiger partial charge in [0.25, 0.3) is 0 Å². The molecule has 1 aliphatic rings. The summed E-state index contributed by atoms with van der Waals surface area (Å²) in [7, 11) is 0. The maximum atomic E-state index is 13.4. The van der Waals surface area contributed by atoms with Crippen molar-refractivity contribution >= 4 is 28.9 Å². The topological polar surface area (TPSA) is 40.5 Å². The molecular weight excluding hydrogens is 281 g/mol. The Morgan fingerprint density at radius 3 is 2.70 bits per heavy atom. The highest BCUT2D eigenvalue weighted by molar-refractivity contribution is 6.33. The van der Waals surface area contributed by atoms with Crippen LogP contribution in [0.25, 0.3) is 0 Å². The van der Waals surface area contributed by atoms with Crippen molar-refractivity contribution in [2.24, 2.45) is 0 Å². The van der Waals surface area contributed by atoms with Crippen LogP contribution >= 0.6 is 11.6 Å². The number of benzene rings is 2. The van der Waals surface area contributed by atoms with E-state index in [1.54, 1.807) is 12.1 Å². The molecule has 102 valence electrons. The van der Waals surface area contributed by atoms with Crippen molar-refractivity contribution in [3.8, 4) is 0 Å². The van der Waals surface area contributed by atoms with Gasteiger partial charge in [0.2, 0.25) is 0 Å². The number of hydrogen-bond acceptors (Lipinski definition) is 2. The van der Waals surface area contributed by atoms with Crippen LogP contribution in [0.2, 0.25) is 5.02 Å². The molecule has 0 aromatic heterocycles. The maximum absolute atomic E-state index is 13.4. The van der Waals surface area contributed by atoms with E-state index in [2.05, 4.69) is 0 Å². The molecule has 1 aliphatic heterocycles. The highest BCUT2D eigenvalue weighted by Gasteiger charge is 2.23. The molecule has 0 unspecified atom stereocenters. The average Bonchev–Trinajstić information content (AvgIpc) is 2.81. The van der Waals surface area contributed by atoms with E-state index in [9.17, 15) is 9.18 Å². The largest absolute Gasteiger partial charge is 0.478 e. The molecule has 0 spiro atoms. The number of fused-ring (bicyclic) bond motifs is 1. The molecule has 20 heavy (non-hydrogen) atoms. The number of carboxylic acid groups (broad SMARTS) is 1. The van der Waals surface area contributed by atoms with E-state index in [4.69, 9.17) is 16.7 Å². The van der Waals surface area contributed by atoms with E-state index in [1.807, 2.05) is 4.90 Å². The highest BCUT2D eigenvalue weighted by atomic mass is 35.5. The molecule has 0 aliphatic carbocycles. The molecule has 0 amide bonds. The van der Waals surface area contributed by atoms with E-state index < -0.39 is 5.97 Å². The lowest BCUT2D eigenvalue weighted by Gasteiger charge is -2.21. The third kappa shape index (κ3) is 2.12. The summed E-state index contributed by atoms with van der Waals surface area (Å²) < 4.78 is 13.4. The minimum atomic E-state index is -1.02. The Hall–Kier alpha value is -2.07. The van der Waals surface area contributed by atoms with Crippen LogP contribution < -0.4 is 4.90 Å². The van der Waals surface area contributed by atoms with Crippen molar-refractivity contribution < 1.29 is 14.3 Å². The summed E-state index contributed by atoms with van der Waals surface area (Å²) in [6, 6.07) is 9.26. The highest BCUT2D eigenvalue weighted by Crippen LogP contribution is 2.38. The first-order valence-corrected chi connectivity index (χ1v) is 6.53. The summed E-state index contributed by atoms with van der Waals surface area (Å²) in [5.74, 6) is -1.32. The summed E-state index contributed by atoms with van der Waals surface area (Å²) >= 11 is 6.16. The van der Waals surface area contributed by atoms with E-state index in [0.29, 0.717) is 17.3 Å². The summed E-state index contributed by atoms with van der Waals surface area (Å²) in [6.07, 6.45) is 0.812. The van der Waals surface area contributed by atoms with Gasteiger partial charge in [0.1, 0.15) is 5.82 Å². The number of aromatic carboxylic acids is 1. The molecule has 1 heterocycles. The van der Waals surface area contributed by atoms with Crippen LogP contribution in [0.15, 0.2) is 36.4 Å². The third-order valence-electron chi connectivity index (χ3n) is 3.43. The van der Waals surface area contributed by atoms with Gasteiger partial charge in [0, 0.05) is 12.2 Å². The Kier molecular flexibility index (Phi) is 3.10. The number of hydrogen-bond donors (Lipinski definition) is 1. The van der Waals surface area contributed by atoms with Crippen molar-refractivity contribution in [1.29, 1.82) is 0 Å². The summed E-state index contributed by atoms with van der Waals surface area (Å²) in [5, 5.41) is 9.29. The van der Waals surface area contributed by atoms with Gasteiger partial charge in [0.05, 0.1) is 16.3 Å². The lowest BCUT2D eigenvalue weighted by molar-refractivity contribution is 0.0697. The second kappa shape index (κ2) is 4.80. The number of anilines is 2. The second-order valence-electron chi connectivity index (χ2n) is 4.65. The van der Waals surface area contributed by atoms with E-state index in [0.717, 1.165) is 17.7 Å². The molecule has 3 nitrogen and oxygen atoms in total. The molecule has 2 aromatic carbocycles. The number of carboxylic acids is 1. The number of nitrogens with zero attached hydrogens (tertiary/aromatic N) is 1. The number of halogens is 2. The summed E-state index contributed by atoms with van der Waals surface area (Å²) in [6.45, 7) is 0.699. The average molecular weight is 292 g/mol. The van der Waals surface area contributed by atoms with Gasteiger partial charge in [0.15, 0.2) is 0 Å². The fraction of sp³-hybridized carbons (Fsp3) is 0.133. The molecule has 5 heteroatoms. The van der Waals surface area contributed by atoms with Gasteiger partial charge in [-0.3, -0.25) is 0 Å². The van der Waals surface area contributed by atoms with Gasteiger partial charge < -0.3 is 10.0 Å². The number of carbonyl (C=O) groups is 1. The Morgan fingerprint density at radius 2 is 2.00 bits per heavy atom. The summed E-state index contributed by atoms with van der Waals surface area (Å²) in [4.78, 5) is 12.8. The van der Waals surface area contributed by atoms with Gasteiger partial charge >= 0.3 is 5.97 Å². The first-order valence-electron chi connectivity index (χ1n) is 6.15. The normalized spacial score (nSPS) is 13.4. The maximum Gasteiger partial charge on any atom is 0.335 e. The molecule has 0 saturated heterocycles. The molecule has 0 fully saturated rings. The van der Waals surface area contributed by atoms with Crippen molar-refractivity contribution in [3.05, 3.63) is 58.4 Å². The lowest BCUT2D eigenvalue weighted by atomic mass is 10.1. The van der Waals surface area contributed by atoms with Crippen LogP contribution in [0.1, 0.15) is 15.9 Å². The Morgan fingerprint density at radius 1 is 1.20 bits per heavy atom. The zero-order chi connectivity index (χ0) is 14.3. The van der Waals surface area contributed by atoms with E-state index in [-0.39, 0.29) is 11.4 Å². The van der Waals surface area contributed by atoms with Crippen molar-refractivity contribution in [1.82, 2.24) is 0 Å². The van der Waals surface area contributed by atoms with Gasteiger partial charge in [-0.1, -0.05) is 17.7 Å². The molecule has 2 aromatic rings. The smallest absolute Gasteiger partial charge is 0.335 e. The third-order valence-corrected chi connectivity index (χ3v) is 3.73. The van der Waals surface area contributed by atoms with E-state index in [1.165, 1.54) is 24.3 Å². The fourth-order valence-corrected chi connectivity index (χ4v) is 2.74. The van der Waals surface area contributed by atoms with Crippen molar-refractivity contribution in [2.75, 3.05) is 11.4 Å². The molecular formula is C15H11ClFNO2. The predicted molar refractivity (Wildman–Crippen MR) is 75.5 cm³/mol. The second-order valence-corrected chi connectivity index (χ2v) is 5.05. The molecule has 0 saturated carbocycles. The van der Waals surface area contributed by atoms with Crippen molar-refractivity contribution in [2.45, 2.75) is 6.42 Å². The monoisotopic (exact) mass is 291 g/mol. The minimum absolute atomic E-state index is 0.136. The molecule has 0 radical (unpaired) electrons. The SMILES string of the molecule is O=C(O)c1ccc(N2CCc3ccc(F)cc32)c(Cl)c1. The Balaban J connectivity index is 2.04. The predicted octanol–water partition coefficient (Wildman–Crippen LogP) is 3.87. The zero-order valence-corrected chi connectivity index (χ0v) is 11.2. The van der Waals surface area contributed by atoms with Crippen LogP contribution in [-0.4, -0.2) is 17.6 Å². The zero-order valence-electron chi connectivity index (χ0n) is 10.4. The van der Waals surface area contributed by atoms with Crippen LogP contribution in [0.4, 0.5) is 15.8 Å². The molecule has 3 rings (SSSR count). The molecule has 0 bridgehead atoms. The Bertz CT molecular complexity index is 702. The van der Waals surface area contributed by atoms with Crippen LogP contribution in [0, 0.1) is 5.82 Å². The Labute approximate surface area is 120 Å². The number of rotatable bonds is 2. The van der Waals surface area contributed by atoms with Gasteiger partial charge in [-0.05, 0) is 42.3 Å². The van der Waals surface area contributed by atoms with E-state index >= 15 is 0 Å². The first-order chi connectivity index (χ1) is 9.56. The van der Waals surface area contributed by atoms with Crippen LogP contribution in [-0.2, 0) is 6.42 Å². The van der Waals surface area contributed by atoms with Gasteiger partial charge in [-0.25, -0.2) is 9.18 Å². The fourth-order valence-electron chi connectivity index (χ4n) is 2.46. The first kappa shape index (κ1) is 12.9. The quantitative estimate of drug-likeness (QED) is 0.913. The molecule has 0 atom stereocenters. The standard InChI is InChI=1S/C15H11ClFNO2/c16-12-7-10(15(19)20)2-4-13(12)18-6-5-9-1-3-11(17)8-14(9)18/h1-4,7-8H,5-6H2,(H,19,20). The van der Waals surface area contributed by atoms with Gasteiger partial charge in [-0.15, -0.1) is 0 Å². The summed E-state index contributed by atoms with van der Waals surface area (Å²) in [5.41, 5.74) is 2.68. The van der Waals surface area contributed by atoms with Gasteiger partial charge in [-0.2, -0.15) is 0 Å². The van der Waals surface area contributed by atoms with Crippen molar-refractivity contribution in [3.63, 3.8) is 0 Å².